The third-order valence-electron chi connectivity index (χ3n) is 3.56. The lowest BCUT2D eigenvalue weighted by Crippen LogP contribution is -1.98. The van der Waals surface area contributed by atoms with Crippen molar-refractivity contribution in [2.24, 2.45) is 5.10 Å². The van der Waals surface area contributed by atoms with E-state index in [0.29, 0.717) is 34.3 Å². The first-order valence-electron chi connectivity index (χ1n) is 7.91. The van der Waals surface area contributed by atoms with Crippen molar-refractivity contribution in [3.8, 4) is 22.9 Å². The Bertz CT molecular complexity index is 980. The van der Waals surface area contributed by atoms with Gasteiger partial charge in [-0.15, -0.1) is 0 Å². The smallest absolute Gasteiger partial charge is 0.216 e. The predicted octanol–water partition coefficient (Wildman–Crippen LogP) is 4.04. The highest BCUT2D eigenvalue weighted by Gasteiger charge is 2.09. The minimum absolute atomic E-state index is 0.320. The van der Waals surface area contributed by atoms with Crippen LogP contribution in [-0.4, -0.2) is 34.8 Å². The van der Waals surface area contributed by atoms with E-state index in [0.717, 1.165) is 5.56 Å². The summed E-state index contributed by atoms with van der Waals surface area (Å²) in [5.41, 5.74) is 1.50. The number of nitrogens with one attached hydrogen (secondary N) is 1. The standard InChI is InChI=1S/C18H17FN4O2S/c1-3-25-16-10-12(4-9-15(16)24-2)11-20-23-17(21-22-18(23)26)13-5-7-14(19)8-6-13/h4-11H,3H2,1-2H3,(H,22,26)/b20-11-. The van der Waals surface area contributed by atoms with Crippen LogP contribution in [-0.2, 0) is 0 Å². The average molecular weight is 372 g/mol. The Morgan fingerprint density at radius 2 is 2.00 bits per heavy atom. The zero-order chi connectivity index (χ0) is 18.5. The lowest BCUT2D eigenvalue weighted by Gasteiger charge is -2.09. The molecule has 6 nitrogen and oxygen atoms in total. The molecule has 0 fully saturated rings. The first-order valence-corrected chi connectivity index (χ1v) is 8.31. The Balaban J connectivity index is 1.94. The zero-order valence-corrected chi connectivity index (χ0v) is 15.1. The molecule has 0 saturated carbocycles. The van der Waals surface area contributed by atoms with Crippen LogP contribution in [0, 0.1) is 10.6 Å². The largest absolute Gasteiger partial charge is 0.493 e. The molecule has 0 spiro atoms. The first-order chi connectivity index (χ1) is 12.6. The number of benzene rings is 2. The van der Waals surface area contributed by atoms with Crippen LogP contribution in [0.4, 0.5) is 4.39 Å². The van der Waals surface area contributed by atoms with Gasteiger partial charge < -0.3 is 9.47 Å². The van der Waals surface area contributed by atoms with Crippen LogP contribution in [0.5, 0.6) is 11.5 Å². The minimum atomic E-state index is -0.320. The first kappa shape index (κ1) is 17.8. The van der Waals surface area contributed by atoms with E-state index in [1.165, 1.54) is 16.8 Å². The van der Waals surface area contributed by atoms with Gasteiger partial charge in [-0.3, -0.25) is 0 Å². The van der Waals surface area contributed by atoms with Gasteiger partial charge in [0.2, 0.25) is 4.77 Å². The molecule has 0 radical (unpaired) electrons. The van der Waals surface area contributed by atoms with E-state index in [9.17, 15) is 4.39 Å². The molecule has 26 heavy (non-hydrogen) atoms. The zero-order valence-electron chi connectivity index (χ0n) is 14.3. The van der Waals surface area contributed by atoms with Crippen molar-refractivity contribution in [3.63, 3.8) is 0 Å². The number of aromatic nitrogens is 3. The van der Waals surface area contributed by atoms with Crippen LogP contribution in [0.3, 0.4) is 0 Å². The third-order valence-corrected chi connectivity index (χ3v) is 3.83. The van der Waals surface area contributed by atoms with Gasteiger partial charge in [-0.05, 0) is 67.2 Å². The molecule has 8 heteroatoms. The summed E-state index contributed by atoms with van der Waals surface area (Å²) < 4.78 is 25.8. The molecular formula is C18H17FN4O2S. The summed E-state index contributed by atoms with van der Waals surface area (Å²) >= 11 is 5.23. The van der Waals surface area contributed by atoms with Crippen LogP contribution in [0.15, 0.2) is 47.6 Å². The summed E-state index contributed by atoms with van der Waals surface area (Å²) in [5.74, 6) is 1.45. The highest BCUT2D eigenvalue weighted by molar-refractivity contribution is 7.71. The van der Waals surface area contributed by atoms with Crippen molar-refractivity contribution in [3.05, 3.63) is 58.6 Å². The fourth-order valence-electron chi connectivity index (χ4n) is 2.35. The van der Waals surface area contributed by atoms with Crippen LogP contribution in [0.2, 0.25) is 0 Å². The lowest BCUT2D eigenvalue weighted by molar-refractivity contribution is 0.311. The molecule has 134 valence electrons. The van der Waals surface area contributed by atoms with Crippen molar-refractivity contribution >= 4 is 18.4 Å². The summed E-state index contributed by atoms with van der Waals surface area (Å²) in [6, 6.07) is 11.4. The highest BCUT2D eigenvalue weighted by atomic mass is 32.1. The summed E-state index contributed by atoms with van der Waals surface area (Å²) in [4.78, 5) is 0. The maximum Gasteiger partial charge on any atom is 0.216 e. The van der Waals surface area contributed by atoms with Crippen LogP contribution in [0.1, 0.15) is 12.5 Å². The molecule has 1 heterocycles. The number of H-pyrrole nitrogens is 1. The number of methoxy groups -OCH3 is 1. The molecule has 0 atom stereocenters. The Labute approximate surface area is 154 Å². The van der Waals surface area contributed by atoms with Gasteiger partial charge >= 0.3 is 0 Å². The maximum absolute atomic E-state index is 13.1. The second-order valence-electron chi connectivity index (χ2n) is 5.26. The average Bonchev–Trinajstić information content (AvgIpc) is 3.02. The number of aromatic amines is 1. The number of ether oxygens (including phenoxy) is 2. The van der Waals surface area contributed by atoms with Gasteiger partial charge in [-0.1, -0.05) is 0 Å². The van der Waals surface area contributed by atoms with Crippen molar-refractivity contribution in [1.82, 2.24) is 14.9 Å². The Kier molecular flexibility index (Phi) is 5.43. The third kappa shape index (κ3) is 3.80. The van der Waals surface area contributed by atoms with E-state index in [2.05, 4.69) is 15.3 Å². The van der Waals surface area contributed by atoms with Crippen molar-refractivity contribution in [1.29, 1.82) is 0 Å². The predicted molar refractivity (Wildman–Crippen MR) is 100.0 cm³/mol. The maximum atomic E-state index is 13.1. The van der Waals surface area contributed by atoms with Gasteiger partial charge in [0.15, 0.2) is 17.3 Å². The van der Waals surface area contributed by atoms with Crippen molar-refractivity contribution < 1.29 is 13.9 Å². The van der Waals surface area contributed by atoms with Gasteiger partial charge in [0.05, 0.1) is 19.9 Å². The number of hydrogen-bond acceptors (Lipinski definition) is 5. The second-order valence-corrected chi connectivity index (χ2v) is 5.65. The van der Waals surface area contributed by atoms with Crippen molar-refractivity contribution in [2.75, 3.05) is 13.7 Å². The Morgan fingerprint density at radius 3 is 2.69 bits per heavy atom. The Morgan fingerprint density at radius 1 is 1.23 bits per heavy atom. The van der Waals surface area contributed by atoms with E-state index in [1.54, 1.807) is 25.5 Å². The molecule has 0 unspecified atom stereocenters. The summed E-state index contributed by atoms with van der Waals surface area (Å²) in [6.45, 7) is 2.43. The fourth-order valence-corrected chi connectivity index (χ4v) is 2.53. The van der Waals surface area contributed by atoms with E-state index in [4.69, 9.17) is 21.7 Å². The summed E-state index contributed by atoms with van der Waals surface area (Å²) in [6.07, 6.45) is 1.64. The second kappa shape index (κ2) is 7.92. The molecule has 2 aromatic carbocycles. The van der Waals surface area contributed by atoms with Crippen molar-refractivity contribution in [2.45, 2.75) is 6.92 Å². The molecule has 0 saturated heterocycles. The molecule has 0 aliphatic rings. The fraction of sp³-hybridized carbons (Fsp3) is 0.167. The molecule has 0 bridgehead atoms. The topological polar surface area (TPSA) is 64.4 Å². The lowest BCUT2D eigenvalue weighted by atomic mass is 10.2. The molecule has 1 N–H and O–H groups in total. The van der Waals surface area contributed by atoms with Gasteiger partial charge in [-0.2, -0.15) is 14.9 Å². The Hall–Kier alpha value is -3.00. The van der Waals surface area contributed by atoms with E-state index in [1.807, 2.05) is 25.1 Å². The summed E-state index contributed by atoms with van der Waals surface area (Å²) in [5, 5.41) is 11.3. The van der Waals surface area contributed by atoms with E-state index >= 15 is 0 Å². The molecule has 3 aromatic rings. The number of hydrogen-bond donors (Lipinski definition) is 1. The quantitative estimate of drug-likeness (QED) is 0.524. The molecule has 0 amide bonds. The van der Waals surface area contributed by atoms with Crippen LogP contribution in [0.25, 0.3) is 11.4 Å². The number of rotatable bonds is 6. The molecular weight excluding hydrogens is 355 g/mol. The summed E-state index contributed by atoms with van der Waals surface area (Å²) in [7, 11) is 1.59. The van der Waals surface area contributed by atoms with E-state index in [-0.39, 0.29) is 5.82 Å². The molecule has 0 aliphatic heterocycles. The van der Waals surface area contributed by atoms with Crippen LogP contribution >= 0.6 is 12.2 Å². The normalized spacial score (nSPS) is 11.0. The van der Waals surface area contributed by atoms with Gasteiger partial charge in [0.25, 0.3) is 0 Å². The van der Waals surface area contributed by atoms with E-state index < -0.39 is 0 Å². The van der Waals surface area contributed by atoms with Crippen LogP contribution < -0.4 is 9.47 Å². The molecule has 0 aliphatic carbocycles. The number of halogens is 1. The molecule has 1 aromatic heterocycles. The van der Waals surface area contributed by atoms with Gasteiger partial charge in [0, 0.05) is 5.56 Å². The number of nitrogens with zero attached hydrogens (tertiary/aromatic N) is 3. The van der Waals surface area contributed by atoms with Gasteiger partial charge in [-0.25, -0.2) is 9.49 Å². The SMILES string of the molecule is CCOc1cc(/C=N\n2c(-c3ccc(F)cc3)n[nH]c2=S)ccc1OC. The minimum Gasteiger partial charge on any atom is -0.493 e. The monoisotopic (exact) mass is 372 g/mol. The highest BCUT2D eigenvalue weighted by Crippen LogP contribution is 2.27. The molecule has 3 rings (SSSR count). The van der Waals surface area contributed by atoms with Gasteiger partial charge in [0.1, 0.15) is 5.82 Å².